The van der Waals surface area contributed by atoms with Crippen LogP contribution in [-0.4, -0.2) is 13.2 Å². The molecular weight excluding hydrogens is 282 g/mol. The summed E-state index contributed by atoms with van der Waals surface area (Å²) in [6.07, 6.45) is 11.3. The summed E-state index contributed by atoms with van der Waals surface area (Å²) in [7, 11) is 0. The molecule has 3 heteroatoms. The molecule has 0 radical (unpaired) electrons. The van der Waals surface area contributed by atoms with Gasteiger partial charge in [-0.05, 0) is 67.3 Å². The maximum atomic E-state index is 6.27. The quantitative estimate of drug-likeness (QED) is 0.869. The van der Waals surface area contributed by atoms with Crippen LogP contribution >= 0.6 is 11.6 Å². The van der Waals surface area contributed by atoms with E-state index in [1.165, 1.54) is 49.7 Å². The summed E-state index contributed by atoms with van der Waals surface area (Å²) >= 11 is 6.27. The zero-order chi connectivity index (χ0) is 14.7. The molecule has 2 aliphatic rings. The van der Waals surface area contributed by atoms with E-state index in [4.69, 9.17) is 22.1 Å². The second-order valence-corrected chi connectivity index (χ2v) is 7.19. The maximum absolute atomic E-state index is 6.27. The first-order chi connectivity index (χ1) is 10.2. The Kier molecular flexibility index (Phi) is 4.75. The maximum Gasteiger partial charge on any atom is 0.125 e. The van der Waals surface area contributed by atoms with Crippen molar-refractivity contribution in [3.05, 3.63) is 28.3 Å². The Balaban J connectivity index is 1.74. The van der Waals surface area contributed by atoms with E-state index in [2.05, 4.69) is 12.1 Å². The molecule has 0 bridgehead atoms. The molecule has 2 N–H and O–H groups in total. The lowest BCUT2D eigenvalue weighted by Gasteiger charge is -2.37. The largest absolute Gasteiger partial charge is 0.493 e. The number of aryl methyl sites for hydroxylation is 1. The zero-order valence-electron chi connectivity index (χ0n) is 12.8. The van der Waals surface area contributed by atoms with Gasteiger partial charge in [0.25, 0.3) is 0 Å². The second kappa shape index (κ2) is 6.58. The lowest BCUT2D eigenvalue weighted by molar-refractivity contribution is 0.160. The van der Waals surface area contributed by atoms with Gasteiger partial charge < -0.3 is 10.5 Å². The summed E-state index contributed by atoms with van der Waals surface area (Å²) in [5, 5.41) is 0.853. The molecule has 1 aromatic rings. The Morgan fingerprint density at radius 1 is 1.14 bits per heavy atom. The van der Waals surface area contributed by atoms with E-state index in [0.717, 1.165) is 43.2 Å². The average Bonchev–Trinajstić information content (AvgIpc) is 2.94. The summed E-state index contributed by atoms with van der Waals surface area (Å²) in [6, 6.07) is 4.16. The van der Waals surface area contributed by atoms with Gasteiger partial charge in [0.1, 0.15) is 5.75 Å². The fourth-order valence-corrected chi connectivity index (χ4v) is 4.43. The molecule has 1 heterocycles. The number of rotatable bonds is 5. The van der Waals surface area contributed by atoms with Gasteiger partial charge in [-0.1, -0.05) is 30.9 Å². The van der Waals surface area contributed by atoms with Crippen molar-refractivity contribution >= 4 is 11.6 Å². The fraction of sp³-hybridized carbons (Fsp3) is 0.667. The number of hydrogen-bond donors (Lipinski definition) is 1. The first-order valence-electron chi connectivity index (χ1n) is 8.37. The van der Waals surface area contributed by atoms with Crippen molar-refractivity contribution in [3.8, 4) is 5.75 Å². The Morgan fingerprint density at radius 3 is 2.71 bits per heavy atom. The Bertz CT molecular complexity index is 489. The molecule has 3 rings (SSSR count). The van der Waals surface area contributed by atoms with Gasteiger partial charge in [-0.15, -0.1) is 0 Å². The lowest BCUT2D eigenvalue weighted by Crippen LogP contribution is -2.28. The van der Waals surface area contributed by atoms with Crippen LogP contribution in [0.25, 0.3) is 0 Å². The SMILES string of the molecule is NCCC1(CCc2cc(Cl)cc3c2OCC3)CCCCC1. The van der Waals surface area contributed by atoms with Crippen LogP contribution in [0.2, 0.25) is 5.02 Å². The van der Waals surface area contributed by atoms with Crippen LogP contribution in [0.4, 0.5) is 0 Å². The third-order valence-electron chi connectivity index (χ3n) is 5.34. The van der Waals surface area contributed by atoms with Crippen LogP contribution < -0.4 is 10.5 Å². The highest BCUT2D eigenvalue weighted by atomic mass is 35.5. The minimum atomic E-state index is 0.459. The lowest BCUT2D eigenvalue weighted by atomic mass is 9.68. The fourth-order valence-electron chi connectivity index (χ4n) is 4.16. The number of ether oxygens (including phenoxy) is 1. The van der Waals surface area contributed by atoms with E-state index < -0.39 is 0 Å². The molecule has 1 fully saturated rings. The van der Waals surface area contributed by atoms with E-state index in [9.17, 15) is 0 Å². The van der Waals surface area contributed by atoms with Gasteiger partial charge >= 0.3 is 0 Å². The molecular formula is C18H26ClNO. The van der Waals surface area contributed by atoms with Gasteiger partial charge in [0.2, 0.25) is 0 Å². The Hall–Kier alpha value is -0.730. The molecule has 0 aromatic heterocycles. The topological polar surface area (TPSA) is 35.2 Å². The van der Waals surface area contributed by atoms with Crippen LogP contribution in [0.15, 0.2) is 12.1 Å². The molecule has 1 saturated carbocycles. The van der Waals surface area contributed by atoms with E-state index in [0.29, 0.717) is 5.41 Å². The first kappa shape index (κ1) is 15.2. The molecule has 1 aromatic carbocycles. The molecule has 0 atom stereocenters. The number of halogens is 1. The van der Waals surface area contributed by atoms with Gasteiger partial charge in [-0.2, -0.15) is 0 Å². The zero-order valence-corrected chi connectivity index (χ0v) is 13.6. The average molecular weight is 308 g/mol. The molecule has 1 aliphatic heterocycles. The first-order valence-corrected chi connectivity index (χ1v) is 8.74. The Labute approximate surface area is 133 Å². The van der Waals surface area contributed by atoms with E-state index in [1.807, 2.05) is 0 Å². The third-order valence-corrected chi connectivity index (χ3v) is 5.56. The number of hydrogen-bond acceptors (Lipinski definition) is 2. The molecule has 0 unspecified atom stereocenters. The molecule has 2 nitrogen and oxygen atoms in total. The van der Waals surface area contributed by atoms with Crippen LogP contribution in [-0.2, 0) is 12.8 Å². The molecule has 21 heavy (non-hydrogen) atoms. The smallest absolute Gasteiger partial charge is 0.125 e. The Morgan fingerprint density at radius 2 is 1.95 bits per heavy atom. The van der Waals surface area contributed by atoms with E-state index in [1.54, 1.807) is 0 Å². The molecule has 1 aliphatic carbocycles. The van der Waals surface area contributed by atoms with Crippen molar-refractivity contribution in [2.24, 2.45) is 11.1 Å². The van der Waals surface area contributed by atoms with Crippen LogP contribution in [0.3, 0.4) is 0 Å². The summed E-state index contributed by atoms with van der Waals surface area (Å²) in [4.78, 5) is 0. The van der Waals surface area contributed by atoms with Crippen molar-refractivity contribution in [2.45, 2.75) is 57.8 Å². The minimum Gasteiger partial charge on any atom is -0.493 e. The normalized spacial score (nSPS) is 20.1. The van der Waals surface area contributed by atoms with Gasteiger partial charge in [-0.3, -0.25) is 0 Å². The van der Waals surface area contributed by atoms with Crippen LogP contribution in [0, 0.1) is 5.41 Å². The monoisotopic (exact) mass is 307 g/mol. The summed E-state index contributed by atoms with van der Waals surface area (Å²) in [5.41, 5.74) is 8.93. The van der Waals surface area contributed by atoms with Crippen LogP contribution in [0.5, 0.6) is 5.75 Å². The predicted molar refractivity (Wildman–Crippen MR) is 88.2 cm³/mol. The summed E-state index contributed by atoms with van der Waals surface area (Å²) < 4.78 is 5.83. The highest BCUT2D eigenvalue weighted by Crippen LogP contribution is 2.44. The highest BCUT2D eigenvalue weighted by Gasteiger charge is 2.31. The predicted octanol–water partition coefficient (Wildman–Crippen LogP) is 4.51. The van der Waals surface area contributed by atoms with Crippen molar-refractivity contribution in [3.63, 3.8) is 0 Å². The van der Waals surface area contributed by atoms with Gasteiger partial charge in [0.15, 0.2) is 0 Å². The molecule has 0 spiro atoms. The van der Waals surface area contributed by atoms with Crippen molar-refractivity contribution < 1.29 is 4.74 Å². The van der Waals surface area contributed by atoms with E-state index >= 15 is 0 Å². The van der Waals surface area contributed by atoms with Gasteiger partial charge in [-0.25, -0.2) is 0 Å². The number of fused-ring (bicyclic) bond motifs is 1. The van der Waals surface area contributed by atoms with Crippen LogP contribution in [0.1, 0.15) is 56.1 Å². The minimum absolute atomic E-state index is 0.459. The summed E-state index contributed by atoms with van der Waals surface area (Å²) in [6.45, 7) is 1.61. The van der Waals surface area contributed by atoms with Gasteiger partial charge in [0, 0.05) is 11.4 Å². The van der Waals surface area contributed by atoms with E-state index in [-0.39, 0.29) is 0 Å². The highest BCUT2D eigenvalue weighted by molar-refractivity contribution is 6.30. The third kappa shape index (κ3) is 3.37. The molecule has 0 saturated heterocycles. The van der Waals surface area contributed by atoms with Crippen molar-refractivity contribution in [2.75, 3.05) is 13.2 Å². The van der Waals surface area contributed by atoms with Crippen molar-refractivity contribution in [1.82, 2.24) is 0 Å². The number of benzene rings is 1. The second-order valence-electron chi connectivity index (χ2n) is 6.75. The number of nitrogens with two attached hydrogens (primary N) is 1. The van der Waals surface area contributed by atoms with Gasteiger partial charge in [0.05, 0.1) is 6.61 Å². The summed E-state index contributed by atoms with van der Waals surface area (Å²) in [5.74, 6) is 1.11. The molecule has 116 valence electrons. The van der Waals surface area contributed by atoms with Crippen molar-refractivity contribution in [1.29, 1.82) is 0 Å². The standard InChI is InChI=1S/C18H26ClNO/c19-16-12-14(17-15(13-16)5-11-21-17)4-8-18(9-10-20)6-2-1-3-7-18/h12-13H,1-11,20H2. The molecule has 0 amide bonds.